The number of amides is 1. The van der Waals surface area contributed by atoms with Gasteiger partial charge in [-0.15, -0.1) is 0 Å². The predicted octanol–water partition coefficient (Wildman–Crippen LogP) is 2.84. The highest BCUT2D eigenvalue weighted by molar-refractivity contribution is 5.78. The maximum absolute atomic E-state index is 12.1. The smallest absolute Gasteiger partial charge is 0.225 e. The van der Waals surface area contributed by atoms with Crippen LogP contribution in [0.4, 0.5) is 0 Å². The minimum absolute atomic E-state index is 0.201. The summed E-state index contributed by atoms with van der Waals surface area (Å²) >= 11 is 0. The van der Waals surface area contributed by atoms with Gasteiger partial charge in [-0.25, -0.2) is 0 Å². The van der Waals surface area contributed by atoms with Crippen molar-refractivity contribution in [2.45, 2.75) is 58.5 Å². The molecule has 0 aromatic rings. The van der Waals surface area contributed by atoms with Gasteiger partial charge in [0, 0.05) is 26.1 Å². The number of rotatable bonds is 6. The molecule has 1 unspecified atom stereocenters. The Morgan fingerprint density at radius 3 is 2.59 bits per heavy atom. The second kappa shape index (κ2) is 7.70. The van der Waals surface area contributed by atoms with Crippen LogP contribution in [0, 0.1) is 5.92 Å². The molecule has 3 heteroatoms. The maximum Gasteiger partial charge on any atom is 0.225 e. The van der Waals surface area contributed by atoms with Gasteiger partial charge in [-0.1, -0.05) is 13.8 Å². The lowest BCUT2D eigenvalue weighted by Crippen LogP contribution is -2.35. The molecule has 1 aliphatic rings. The Morgan fingerprint density at radius 1 is 1.35 bits per heavy atom. The summed E-state index contributed by atoms with van der Waals surface area (Å²) in [5.74, 6) is 0.498. The summed E-state index contributed by atoms with van der Waals surface area (Å²) in [6, 6.07) is 0. The lowest BCUT2D eigenvalue weighted by molar-refractivity contribution is -0.134. The number of hydrogen-bond donors (Lipinski definition) is 0. The Bertz CT molecular complexity index is 220. The lowest BCUT2D eigenvalue weighted by Gasteiger charge is -2.27. The van der Waals surface area contributed by atoms with E-state index in [-0.39, 0.29) is 5.92 Å². The van der Waals surface area contributed by atoms with Gasteiger partial charge in [0.15, 0.2) is 0 Å². The van der Waals surface area contributed by atoms with E-state index < -0.39 is 0 Å². The van der Waals surface area contributed by atoms with Gasteiger partial charge < -0.3 is 9.64 Å². The van der Waals surface area contributed by atoms with Crippen molar-refractivity contribution in [1.29, 1.82) is 0 Å². The first-order valence-electron chi connectivity index (χ1n) is 7.05. The third kappa shape index (κ3) is 4.66. The molecule has 0 spiro atoms. The van der Waals surface area contributed by atoms with Gasteiger partial charge in [0.2, 0.25) is 5.91 Å². The zero-order chi connectivity index (χ0) is 12.7. The third-order valence-electron chi connectivity index (χ3n) is 3.77. The van der Waals surface area contributed by atoms with Crippen LogP contribution in [0.5, 0.6) is 0 Å². The van der Waals surface area contributed by atoms with E-state index in [0.29, 0.717) is 12.0 Å². The van der Waals surface area contributed by atoms with Gasteiger partial charge in [-0.2, -0.15) is 0 Å². The van der Waals surface area contributed by atoms with Crippen molar-refractivity contribution in [3.63, 3.8) is 0 Å². The maximum atomic E-state index is 12.1. The highest BCUT2D eigenvalue weighted by Gasteiger charge is 2.20. The Balaban J connectivity index is 2.27. The van der Waals surface area contributed by atoms with Gasteiger partial charge >= 0.3 is 0 Å². The van der Waals surface area contributed by atoms with Crippen LogP contribution in [0.2, 0.25) is 0 Å². The van der Waals surface area contributed by atoms with E-state index in [2.05, 4.69) is 13.8 Å². The van der Waals surface area contributed by atoms with Crippen molar-refractivity contribution in [2.24, 2.45) is 5.92 Å². The van der Waals surface area contributed by atoms with Gasteiger partial charge in [-0.05, 0) is 38.5 Å². The molecule has 0 N–H and O–H groups in total. The fourth-order valence-electron chi connectivity index (χ4n) is 2.43. The first-order chi connectivity index (χ1) is 8.19. The third-order valence-corrected chi connectivity index (χ3v) is 3.77. The van der Waals surface area contributed by atoms with Crippen molar-refractivity contribution >= 4 is 5.91 Å². The lowest BCUT2D eigenvalue weighted by atomic mass is 10.0. The number of carbonyl (C=O) groups excluding carboxylic acids is 1. The molecule has 1 amide bonds. The predicted molar refractivity (Wildman–Crippen MR) is 69.9 cm³/mol. The summed E-state index contributed by atoms with van der Waals surface area (Å²) in [4.78, 5) is 13.9. The van der Waals surface area contributed by atoms with E-state index in [1.807, 2.05) is 11.9 Å². The summed E-state index contributed by atoms with van der Waals surface area (Å²) in [7, 11) is 1.92. The monoisotopic (exact) mass is 241 g/mol. The van der Waals surface area contributed by atoms with Gasteiger partial charge in [0.05, 0.1) is 6.10 Å². The van der Waals surface area contributed by atoms with Crippen LogP contribution in [0.1, 0.15) is 52.4 Å². The molecule has 0 aromatic carbocycles. The molecule has 0 aromatic heterocycles. The van der Waals surface area contributed by atoms with Gasteiger partial charge in [-0.3, -0.25) is 4.79 Å². The largest absolute Gasteiger partial charge is 0.378 e. The van der Waals surface area contributed by atoms with E-state index in [4.69, 9.17) is 4.74 Å². The zero-order valence-electron chi connectivity index (χ0n) is 11.6. The molecule has 1 aliphatic heterocycles. The van der Waals surface area contributed by atoms with Crippen LogP contribution >= 0.6 is 0 Å². The molecule has 1 fully saturated rings. The molecule has 1 atom stereocenters. The summed E-state index contributed by atoms with van der Waals surface area (Å²) in [5.41, 5.74) is 0. The molecule has 17 heavy (non-hydrogen) atoms. The molecule has 1 saturated heterocycles. The average molecular weight is 241 g/mol. The van der Waals surface area contributed by atoms with Crippen LogP contribution in [0.25, 0.3) is 0 Å². The first kappa shape index (κ1) is 14.5. The molecular weight excluding hydrogens is 214 g/mol. The SMILES string of the molecule is CCC(CC)C(=O)N(C)CCC1CCCCO1. The molecule has 3 nitrogen and oxygen atoms in total. The normalized spacial score (nSPS) is 20.6. The highest BCUT2D eigenvalue weighted by Crippen LogP contribution is 2.17. The molecule has 0 saturated carbocycles. The molecule has 100 valence electrons. The Kier molecular flexibility index (Phi) is 6.56. The van der Waals surface area contributed by atoms with E-state index in [1.54, 1.807) is 0 Å². The Labute approximate surface area is 106 Å². The summed E-state index contributed by atoms with van der Waals surface area (Å²) in [6.07, 6.45) is 6.88. The van der Waals surface area contributed by atoms with Crippen LogP contribution in [-0.2, 0) is 9.53 Å². The van der Waals surface area contributed by atoms with Crippen molar-refractivity contribution in [1.82, 2.24) is 4.90 Å². The van der Waals surface area contributed by atoms with E-state index >= 15 is 0 Å². The van der Waals surface area contributed by atoms with Gasteiger partial charge in [0.25, 0.3) is 0 Å². The number of nitrogens with zero attached hydrogens (tertiary/aromatic N) is 1. The second-order valence-electron chi connectivity index (χ2n) is 5.05. The minimum Gasteiger partial charge on any atom is -0.378 e. The second-order valence-corrected chi connectivity index (χ2v) is 5.05. The highest BCUT2D eigenvalue weighted by atomic mass is 16.5. The molecule has 0 bridgehead atoms. The molecule has 0 radical (unpaired) electrons. The van der Waals surface area contributed by atoms with Crippen LogP contribution in [-0.4, -0.2) is 37.1 Å². The standard InChI is InChI=1S/C14H27NO2/c1-4-12(5-2)14(16)15(3)10-9-13-8-6-7-11-17-13/h12-13H,4-11H2,1-3H3. The topological polar surface area (TPSA) is 29.5 Å². The van der Waals surface area contributed by atoms with Crippen molar-refractivity contribution < 1.29 is 9.53 Å². The van der Waals surface area contributed by atoms with Crippen molar-refractivity contribution in [2.75, 3.05) is 20.2 Å². The fraction of sp³-hybridized carbons (Fsp3) is 0.929. The summed E-state index contributed by atoms with van der Waals surface area (Å²) < 4.78 is 5.68. The van der Waals surface area contributed by atoms with E-state index in [1.165, 1.54) is 12.8 Å². The van der Waals surface area contributed by atoms with Crippen LogP contribution in [0.3, 0.4) is 0 Å². The van der Waals surface area contributed by atoms with Gasteiger partial charge in [0.1, 0.15) is 0 Å². The molecular formula is C14H27NO2. The molecule has 1 heterocycles. The molecule has 1 rings (SSSR count). The molecule has 0 aliphatic carbocycles. The number of ether oxygens (including phenoxy) is 1. The minimum atomic E-state index is 0.201. The quantitative estimate of drug-likeness (QED) is 0.715. The summed E-state index contributed by atoms with van der Waals surface area (Å²) in [6.45, 7) is 5.91. The van der Waals surface area contributed by atoms with Crippen molar-refractivity contribution in [3.05, 3.63) is 0 Å². The fourth-order valence-corrected chi connectivity index (χ4v) is 2.43. The van der Waals surface area contributed by atoms with E-state index in [0.717, 1.165) is 38.8 Å². The average Bonchev–Trinajstić information content (AvgIpc) is 2.38. The first-order valence-corrected chi connectivity index (χ1v) is 7.05. The Morgan fingerprint density at radius 2 is 2.06 bits per heavy atom. The van der Waals surface area contributed by atoms with Crippen LogP contribution < -0.4 is 0 Å². The number of carbonyl (C=O) groups is 1. The zero-order valence-corrected chi connectivity index (χ0v) is 11.6. The van der Waals surface area contributed by atoms with E-state index in [9.17, 15) is 4.79 Å². The summed E-state index contributed by atoms with van der Waals surface area (Å²) in [5, 5.41) is 0. The Hall–Kier alpha value is -0.570. The van der Waals surface area contributed by atoms with Crippen LogP contribution in [0.15, 0.2) is 0 Å². The number of hydrogen-bond acceptors (Lipinski definition) is 2. The van der Waals surface area contributed by atoms with Crippen molar-refractivity contribution in [3.8, 4) is 0 Å².